The van der Waals surface area contributed by atoms with Crippen molar-refractivity contribution in [3.63, 3.8) is 0 Å². The fourth-order valence-corrected chi connectivity index (χ4v) is 1.42. The molecule has 1 aromatic carbocycles. The summed E-state index contributed by atoms with van der Waals surface area (Å²) in [5.74, 6) is 0.290. The van der Waals surface area contributed by atoms with E-state index in [0.717, 1.165) is 5.56 Å². The lowest BCUT2D eigenvalue weighted by molar-refractivity contribution is 0.314. The smallest absolute Gasteiger partial charge is 0.198 e. The first kappa shape index (κ1) is 9.15. The monoisotopic (exact) mass is 194 g/mol. The van der Waals surface area contributed by atoms with Crippen LogP contribution in [0.15, 0.2) is 29.3 Å². The molecule has 0 aliphatic carbocycles. The molecule has 0 saturated heterocycles. The molecule has 2 rings (SSSR count). The second-order valence-corrected chi connectivity index (χ2v) is 3.11. The average molecular weight is 194 g/mol. The summed E-state index contributed by atoms with van der Waals surface area (Å²) >= 11 is 0. The number of rotatable bonds is 2. The Bertz CT molecular complexity index is 365. The van der Waals surface area contributed by atoms with Gasteiger partial charge in [-0.15, -0.1) is 0 Å². The van der Waals surface area contributed by atoms with Crippen LogP contribution in [0.3, 0.4) is 0 Å². The number of nitrogens with zero attached hydrogens (tertiary/aromatic N) is 1. The minimum absolute atomic E-state index is 0.107. The fourth-order valence-electron chi connectivity index (χ4n) is 1.42. The van der Waals surface area contributed by atoms with E-state index in [9.17, 15) is 4.39 Å². The van der Waals surface area contributed by atoms with Crippen molar-refractivity contribution in [2.75, 3.05) is 13.2 Å². The largest absolute Gasteiger partial charge is 0.477 e. The quantitative estimate of drug-likeness (QED) is 0.770. The van der Waals surface area contributed by atoms with Crippen LogP contribution in [-0.4, -0.2) is 19.0 Å². The van der Waals surface area contributed by atoms with Gasteiger partial charge in [-0.25, -0.2) is 9.38 Å². The van der Waals surface area contributed by atoms with E-state index in [1.807, 2.05) is 6.07 Å². The van der Waals surface area contributed by atoms with Crippen LogP contribution in [0.2, 0.25) is 0 Å². The van der Waals surface area contributed by atoms with Crippen molar-refractivity contribution >= 4 is 5.90 Å². The minimum Gasteiger partial charge on any atom is -0.477 e. The molecule has 3 nitrogen and oxygen atoms in total. The molecule has 0 amide bonds. The van der Waals surface area contributed by atoms with Gasteiger partial charge in [0.2, 0.25) is 0 Å². The zero-order valence-corrected chi connectivity index (χ0v) is 7.61. The van der Waals surface area contributed by atoms with E-state index in [1.165, 1.54) is 12.1 Å². The maximum absolute atomic E-state index is 12.9. The molecule has 0 fully saturated rings. The first-order chi connectivity index (χ1) is 6.79. The molecule has 1 aliphatic heterocycles. The van der Waals surface area contributed by atoms with Crippen LogP contribution < -0.4 is 5.73 Å². The van der Waals surface area contributed by atoms with E-state index in [-0.39, 0.29) is 11.9 Å². The Morgan fingerprint density at radius 2 is 2.43 bits per heavy atom. The Kier molecular flexibility index (Phi) is 2.45. The molecular formula is C10H11FN2O. The molecule has 0 bridgehead atoms. The summed E-state index contributed by atoms with van der Waals surface area (Å²) in [6.07, 6.45) is 0. The van der Waals surface area contributed by atoms with Crippen LogP contribution >= 0.6 is 0 Å². The second kappa shape index (κ2) is 3.75. The van der Waals surface area contributed by atoms with E-state index >= 15 is 0 Å². The Morgan fingerprint density at radius 3 is 3.07 bits per heavy atom. The van der Waals surface area contributed by atoms with Gasteiger partial charge in [0.15, 0.2) is 5.90 Å². The van der Waals surface area contributed by atoms with Crippen LogP contribution in [0.25, 0.3) is 0 Å². The van der Waals surface area contributed by atoms with Crippen molar-refractivity contribution in [1.82, 2.24) is 0 Å². The third-order valence-electron chi connectivity index (χ3n) is 2.12. The SMILES string of the molecule is NCC1=NC(c2cccc(F)c2)CO1. The van der Waals surface area contributed by atoms with Crippen LogP contribution in [-0.2, 0) is 4.74 Å². The number of hydrogen-bond acceptors (Lipinski definition) is 3. The molecule has 1 unspecified atom stereocenters. The highest BCUT2D eigenvalue weighted by Gasteiger charge is 2.19. The Hall–Kier alpha value is -1.42. The highest BCUT2D eigenvalue weighted by Crippen LogP contribution is 2.22. The Morgan fingerprint density at radius 1 is 1.57 bits per heavy atom. The number of benzene rings is 1. The van der Waals surface area contributed by atoms with Crippen molar-refractivity contribution in [3.8, 4) is 0 Å². The normalized spacial score (nSPS) is 20.4. The predicted molar refractivity (Wildman–Crippen MR) is 51.6 cm³/mol. The maximum atomic E-state index is 12.9. The lowest BCUT2D eigenvalue weighted by Crippen LogP contribution is -2.13. The molecule has 1 aliphatic rings. The van der Waals surface area contributed by atoms with E-state index < -0.39 is 0 Å². The van der Waals surface area contributed by atoms with Crippen molar-refractivity contribution in [2.24, 2.45) is 10.7 Å². The van der Waals surface area contributed by atoms with E-state index in [0.29, 0.717) is 19.0 Å². The summed E-state index contributed by atoms with van der Waals surface area (Å²) in [6, 6.07) is 6.27. The van der Waals surface area contributed by atoms with E-state index in [2.05, 4.69) is 4.99 Å². The van der Waals surface area contributed by atoms with Crippen LogP contribution in [0, 0.1) is 5.82 Å². The van der Waals surface area contributed by atoms with Crippen LogP contribution in [0.4, 0.5) is 4.39 Å². The molecule has 14 heavy (non-hydrogen) atoms. The third-order valence-corrected chi connectivity index (χ3v) is 2.12. The lowest BCUT2D eigenvalue weighted by atomic mass is 10.1. The van der Waals surface area contributed by atoms with Crippen LogP contribution in [0.5, 0.6) is 0 Å². The molecule has 1 heterocycles. The predicted octanol–water partition coefficient (Wildman–Crippen LogP) is 1.25. The molecule has 0 aromatic heterocycles. The van der Waals surface area contributed by atoms with Gasteiger partial charge in [-0.2, -0.15) is 0 Å². The van der Waals surface area contributed by atoms with E-state index in [4.69, 9.17) is 10.5 Å². The van der Waals surface area contributed by atoms with Gasteiger partial charge in [0.25, 0.3) is 0 Å². The minimum atomic E-state index is -0.251. The van der Waals surface area contributed by atoms with Gasteiger partial charge in [0.1, 0.15) is 18.5 Å². The molecule has 2 N–H and O–H groups in total. The molecule has 4 heteroatoms. The van der Waals surface area contributed by atoms with Gasteiger partial charge in [0, 0.05) is 0 Å². The zero-order chi connectivity index (χ0) is 9.97. The lowest BCUT2D eigenvalue weighted by Gasteiger charge is -2.04. The van der Waals surface area contributed by atoms with Gasteiger partial charge in [0.05, 0.1) is 6.54 Å². The summed E-state index contributed by atoms with van der Waals surface area (Å²) in [4.78, 5) is 4.22. The van der Waals surface area contributed by atoms with Gasteiger partial charge in [-0.3, -0.25) is 0 Å². The second-order valence-electron chi connectivity index (χ2n) is 3.11. The number of ether oxygens (including phenoxy) is 1. The van der Waals surface area contributed by atoms with Gasteiger partial charge < -0.3 is 10.5 Å². The summed E-state index contributed by atoms with van der Waals surface area (Å²) in [5.41, 5.74) is 6.20. The fraction of sp³-hybridized carbons (Fsp3) is 0.300. The molecule has 0 radical (unpaired) electrons. The summed E-state index contributed by atoms with van der Waals surface area (Å²) < 4.78 is 18.1. The van der Waals surface area contributed by atoms with E-state index in [1.54, 1.807) is 6.07 Å². The van der Waals surface area contributed by atoms with Crippen molar-refractivity contribution in [1.29, 1.82) is 0 Å². The number of halogens is 1. The summed E-state index contributed by atoms with van der Waals surface area (Å²) in [5, 5.41) is 0. The first-order valence-corrected chi connectivity index (χ1v) is 4.44. The van der Waals surface area contributed by atoms with Crippen molar-refractivity contribution in [2.45, 2.75) is 6.04 Å². The number of aliphatic imine (C=N–C) groups is 1. The molecular weight excluding hydrogens is 183 g/mol. The van der Waals surface area contributed by atoms with Crippen LogP contribution in [0.1, 0.15) is 11.6 Å². The number of hydrogen-bond donors (Lipinski definition) is 1. The molecule has 0 saturated carbocycles. The average Bonchev–Trinajstić information content (AvgIpc) is 2.66. The van der Waals surface area contributed by atoms with Crippen molar-refractivity contribution in [3.05, 3.63) is 35.6 Å². The molecule has 1 aromatic rings. The highest BCUT2D eigenvalue weighted by molar-refractivity contribution is 5.79. The molecule has 0 spiro atoms. The third kappa shape index (κ3) is 1.75. The van der Waals surface area contributed by atoms with Crippen molar-refractivity contribution < 1.29 is 9.13 Å². The van der Waals surface area contributed by atoms with Gasteiger partial charge in [-0.1, -0.05) is 12.1 Å². The molecule has 1 atom stereocenters. The Labute approximate surface area is 81.4 Å². The topological polar surface area (TPSA) is 47.6 Å². The summed E-state index contributed by atoms with van der Waals surface area (Å²) in [7, 11) is 0. The zero-order valence-electron chi connectivity index (χ0n) is 7.61. The summed E-state index contributed by atoms with van der Waals surface area (Å²) in [6.45, 7) is 0.752. The highest BCUT2D eigenvalue weighted by atomic mass is 19.1. The van der Waals surface area contributed by atoms with Gasteiger partial charge >= 0.3 is 0 Å². The number of nitrogens with two attached hydrogens (primary N) is 1. The first-order valence-electron chi connectivity index (χ1n) is 4.44. The molecule has 74 valence electrons. The maximum Gasteiger partial charge on any atom is 0.198 e. The Balaban J connectivity index is 2.21. The van der Waals surface area contributed by atoms with Gasteiger partial charge in [-0.05, 0) is 17.7 Å². The standard InChI is InChI=1S/C10H11FN2O/c11-8-3-1-2-7(4-8)9-6-14-10(5-12)13-9/h1-4,9H,5-6,12H2.